The third-order valence-electron chi connectivity index (χ3n) is 5.53. The predicted octanol–water partition coefficient (Wildman–Crippen LogP) is 3.65. The zero-order chi connectivity index (χ0) is 19.1. The van der Waals surface area contributed by atoms with Crippen LogP contribution in [0.25, 0.3) is 16.7 Å². The second-order valence-electron chi connectivity index (χ2n) is 7.30. The molecule has 3 heterocycles. The molecule has 1 aliphatic rings. The number of rotatable bonds is 3. The fraction of sp³-hybridized carbons (Fsp3) is 0.381. The number of aryl methyl sites for hydroxylation is 2. The van der Waals surface area contributed by atoms with Crippen molar-refractivity contribution in [2.45, 2.75) is 33.6 Å². The van der Waals surface area contributed by atoms with Crippen molar-refractivity contribution in [1.82, 2.24) is 14.5 Å². The lowest BCUT2D eigenvalue weighted by molar-refractivity contribution is -0.141. The van der Waals surface area contributed by atoms with Crippen molar-refractivity contribution in [1.29, 1.82) is 0 Å². The largest absolute Gasteiger partial charge is 0.481 e. The molecule has 1 aromatic carbocycles. The first-order chi connectivity index (χ1) is 13.0. The molecule has 0 saturated carbocycles. The van der Waals surface area contributed by atoms with Gasteiger partial charge in [-0.3, -0.25) is 9.36 Å². The summed E-state index contributed by atoms with van der Waals surface area (Å²) in [7, 11) is 0. The monoisotopic (exact) mass is 364 g/mol. The molecular formula is C21H24N4O2. The fourth-order valence-electron chi connectivity index (χ4n) is 4.04. The number of aliphatic carboxylic acids is 1. The van der Waals surface area contributed by atoms with Crippen LogP contribution in [-0.2, 0) is 4.79 Å². The molecule has 2 aromatic heterocycles. The van der Waals surface area contributed by atoms with E-state index in [1.807, 2.05) is 25.1 Å². The lowest BCUT2D eigenvalue weighted by Crippen LogP contribution is -2.39. The fourth-order valence-corrected chi connectivity index (χ4v) is 4.04. The Morgan fingerprint density at radius 1 is 1.15 bits per heavy atom. The molecule has 0 bridgehead atoms. The highest BCUT2D eigenvalue weighted by Gasteiger charge is 2.29. The highest BCUT2D eigenvalue weighted by atomic mass is 16.4. The zero-order valence-corrected chi connectivity index (χ0v) is 15.9. The van der Waals surface area contributed by atoms with Crippen LogP contribution in [0.5, 0.6) is 0 Å². The number of benzene rings is 1. The number of aromatic nitrogens is 3. The number of anilines is 1. The van der Waals surface area contributed by atoms with Crippen LogP contribution in [0.1, 0.15) is 29.9 Å². The highest BCUT2D eigenvalue weighted by molar-refractivity contribution is 5.94. The molecule has 1 N–H and O–H groups in total. The van der Waals surface area contributed by atoms with E-state index in [1.165, 1.54) is 0 Å². The quantitative estimate of drug-likeness (QED) is 0.768. The maximum atomic E-state index is 11.5. The van der Waals surface area contributed by atoms with Crippen molar-refractivity contribution in [2.75, 3.05) is 18.0 Å². The summed E-state index contributed by atoms with van der Waals surface area (Å²) in [6.07, 6.45) is 1.58. The van der Waals surface area contributed by atoms with E-state index < -0.39 is 5.97 Å². The first kappa shape index (κ1) is 17.5. The molecular weight excluding hydrogens is 340 g/mol. The van der Waals surface area contributed by atoms with Crippen LogP contribution in [0.15, 0.2) is 30.3 Å². The number of carboxylic acids is 1. The predicted molar refractivity (Wildman–Crippen MR) is 106 cm³/mol. The summed E-state index contributed by atoms with van der Waals surface area (Å²) in [5.41, 5.74) is 4.22. The summed E-state index contributed by atoms with van der Waals surface area (Å²) >= 11 is 0. The van der Waals surface area contributed by atoms with Gasteiger partial charge in [-0.25, -0.2) is 9.97 Å². The van der Waals surface area contributed by atoms with E-state index in [9.17, 15) is 9.90 Å². The maximum Gasteiger partial charge on any atom is 0.308 e. The molecule has 1 saturated heterocycles. The highest BCUT2D eigenvalue weighted by Crippen LogP contribution is 2.35. The smallest absolute Gasteiger partial charge is 0.308 e. The summed E-state index contributed by atoms with van der Waals surface area (Å²) < 4.78 is 2.17. The van der Waals surface area contributed by atoms with Gasteiger partial charge in [0.05, 0.1) is 11.3 Å². The van der Waals surface area contributed by atoms with Crippen molar-refractivity contribution in [2.24, 2.45) is 5.92 Å². The van der Waals surface area contributed by atoms with Gasteiger partial charge in [-0.2, -0.15) is 0 Å². The standard InChI is InChI=1S/C21H24N4O2/c1-13-14(2)25(17-9-5-4-6-10-17)20-18(13)19(22-15(3)23-20)24-11-7-8-16(12-24)21(26)27/h4-6,9-10,16H,7-8,11-12H2,1-3H3,(H,26,27). The molecule has 0 aliphatic carbocycles. The van der Waals surface area contributed by atoms with Crippen molar-refractivity contribution < 1.29 is 9.90 Å². The van der Waals surface area contributed by atoms with E-state index in [4.69, 9.17) is 9.97 Å². The van der Waals surface area contributed by atoms with Gasteiger partial charge in [-0.1, -0.05) is 18.2 Å². The Morgan fingerprint density at radius 2 is 1.89 bits per heavy atom. The number of piperidine rings is 1. The molecule has 1 atom stereocenters. The number of nitrogens with zero attached hydrogens (tertiary/aromatic N) is 4. The Balaban J connectivity index is 1.92. The van der Waals surface area contributed by atoms with E-state index in [-0.39, 0.29) is 5.92 Å². The minimum Gasteiger partial charge on any atom is -0.481 e. The van der Waals surface area contributed by atoms with Crippen molar-refractivity contribution in [3.8, 4) is 5.69 Å². The molecule has 1 unspecified atom stereocenters. The molecule has 3 aromatic rings. The van der Waals surface area contributed by atoms with Gasteiger partial charge in [0, 0.05) is 24.5 Å². The molecule has 140 valence electrons. The minimum atomic E-state index is -0.725. The molecule has 0 radical (unpaired) electrons. The van der Waals surface area contributed by atoms with E-state index >= 15 is 0 Å². The first-order valence-electron chi connectivity index (χ1n) is 9.36. The Morgan fingerprint density at radius 3 is 2.59 bits per heavy atom. The Hall–Kier alpha value is -2.89. The SMILES string of the molecule is Cc1nc(N2CCCC(C(=O)O)C2)c2c(C)c(C)n(-c3ccccc3)c2n1. The summed E-state index contributed by atoms with van der Waals surface area (Å²) in [4.78, 5) is 23.1. The summed E-state index contributed by atoms with van der Waals surface area (Å²) in [5.74, 6) is 0.488. The van der Waals surface area contributed by atoms with Gasteiger partial charge in [0.1, 0.15) is 11.6 Å². The van der Waals surface area contributed by atoms with Gasteiger partial charge in [0.2, 0.25) is 0 Å². The van der Waals surface area contributed by atoms with Gasteiger partial charge >= 0.3 is 5.97 Å². The number of para-hydroxylation sites is 1. The number of hydrogen-bond acceptors (Lipinski definition) is 4. The van der Waals surface area contributed by atoms with E-state index in [2.05, 4.69) is 35.4 Å². The van der Waals surface area contributed by atoms with Crippen molar-refractivity contribution in [3.63, 3.8) is 0 Å². The minimum absolute atomic E-state index is 0.346. The van der Waals surface area contributed by atoms with E-state index in [0.29, 0.717) is 12.4 Å². The van der Waals surface area contributed by atoms with Gasteiger partial charge in [0.15, 0.2) is 5.65 Å². The second-order valence-corrected chi connectivity index (χ2v) is 7.30. The van der Waals surface area contributed by atoms with Crippen LogP contribution in [0.3, 0.4) is 0 Å². The normalized spacial score (nSPS) is 17.4. The van der Waals surface area contributed by atoms with Gasteiger partial charge in [0.25, 0.3) is 0 Å². The molecule has 0 spiro atoms. The number of hydrogen-bond donors (Lipinski definition) is 1. The van der Waals surface area contributed by atoms with Crippen molar-refractivity contribution >= 4 is 22.8 Å². The van der Waals surface area contributed by atoms with E-state index in [0.717, 1.165) is 53.2 Å². The maximum absolute atomic E-state index is 11.5. The van der Waals surface area contributed by atoms with Crippen LogP contribution in [-0.4, -0.2) is 38.7 Å². The van der Waals surface area contributed by atoms with Crippen LogP contribution >= 0.6 is 0 Å². The van der Waals surface area contributed by atoms with Crippen LogP contribution in [0.4, 0.5) is 5.82 Å². The molecule has 6 heteroatoms. The van der Waals surface area contributed by atoms with Crippen molar-refractivity contribution in [3.05, 3.63) is 47.4 Å². The lowest BCUT2D eigenvalue weighted by Gasteiger charge is -2.32. The topological polar surface area (TPSA) is 71.2 Å². The molecule has 0 amide bonds. The zero-order valence-electron chi connectivity index (χ0n) is 15.9. The van der Waals surface area contributed by atoms with Crippen LogP contribution < -0.4 is 4.90 Å². The Kier molecular flexibility index (Phi) is 4.34. The second kappa shape index (κ2) is 6.68. The van der Waals surface area contributed by atoms with E-state index in [1.54, 1.807) is 0 Å². The summed E-state index contributed by atoms with van der Waals surface area (Å²) in [6.45, 7) is 7.41. The molecule has 6 nitrogen and oxygen atoms in total. The Bertz CT molecular complexity index is 1010. The van der Waals surface area contributed by atoms with Crippen LogP contribution in [0.2, 0.25) is 0 Å². The molecule has 4 rings (SSSR count). The third kappa shape index (κ3) is 2.95. The average Bonchev–Trinajstić information content (AvgIpc) is 2.92. The average molecular weight is 364 g/mol. The number of carboxylic acid groups (broad SMARTS) is 1. The van der Waals surface area contributed by atoms with Crippen LogP contribution in [0, 0.1) is 26.7 Å². The molecule has 1 aliphatic heterocycles. The summed E-state index contributed by atoms with van der Waals surface area (Å²) in [6, 6.07) is 10.2. The molecule has 27 heavy (non-hydrogen) atoms. The van der Waals surface area contributed by atoms with Gasteiger partial charge in [-0.05, 0) is 51.3 Å². The van der Waals surface area contributed by atoms with Gasteiger partial charge in [-0.15, -0.1) is 0 Å². The first-order valence-corrected chi connectivity index (χ1v) is 9.36. The van der Waals surface area contributed by atoms with Gasteiger partial charge < -0.3 is 10.0 Å². The summed E-state index contributed by atoms with van der Waals surface area (Å²) in [5, 5.41) is 10.5. The number of fused-ring (bicyclic) bond motifs is 1. The molecule has 1 fully saturated rings. The lowest BCUT2D eigenvalue weighted by atomic mass is 9.98. The number of carbonyl (C=O) groups is 1. The third-order valence-corrected chi connectivity index (χ3v) is 5.53. The Labute approximate surface area is 158 Å².